The van der Waals surface area contributed by atoms with Crippen LogP contribution in [0.1, 0.15) is 42.0 Å². The van der Waals surface area contributed by atoms with Gasteiger partial charge < -0.3 is 13.6 Å². The van der Waals surface area contributed by atoms with E-state index >= 15 is 0 Å². The van der Waals surface area contributed by atoms with Gasteiger partial charge in [0.15, 0.2) is 12.2 Å². The molecule has 11 nitrogen and oxygen atoms in total. The Labute approximate surface area is 196 Å². The van der Waals surface area contributed by atoms with Gasteiger partial charge in [-0.15, -0.1) is 21.5 Å². The minimum atomic E-state index is -0.641. The van der Waals surface area contributed by atoms with Crippen molar-refractivity contribution in [3.63, 3.8) is 0 Å². The van der Waals surface area contributed by atoms with Crippen molar-refractivity contribution < 1.29 is 23.3 Å². The number of nitro benzene ring substituents is 1. The van der Waals surface area contributed by atoms with Gasteiger partial charge in [0.2, 0.25) is 0 Å². The van der Waals surface area contributed by atoms with Crippen LogP contribution in [0.2, 0.25) is 0 Å². The maximum atomic E-state index is 12.1. The fourth-order valence-electron chi connectivity index (χ4n) is 3.98. The molecule has 0 spiro atoms. The third-order valence-corrected chi connectivity index (χ3v) is 6.88. The highest BCUT2D eigenvalue weighted by Gasteiger charge is 2.19. The Balaban J connectivity index is 1.13. The fourth-order valence-corrected chi connectivity index (χ4v) is 5.16. The number of oxazole rings is 1. The molecule has 0 fully saturated rings. The molecule has 176 valence electrons. The van der Waals surface area contributed by atoms with Crippen LogP contribution in [-0.2, 0) is 35.5 Å². The Morgan fingerprint density at radius 1 is 1.21 bits per heavy atom. The summed E-state index contributed by atoms with van der Waals surface area (Å²) in [6, 6.07) is 6.05. The number of ether oxygens (including phenoxy) is 1. The molecular weight excluding hydrogens is 464 g/mol. The number of esters is 1. The minimum absolute atomic E-state index is 0.0603. The number of nitrogens with zero attached hydrogens (tertiary/aromatic N) is 4. The molecule has 34 heavy (non-hydrogen) atoms. The van der Waals surface area contributed by atoms with Crippen LogP contribution >= 0.6 is 11.3 Å². The number of thiophene rings is 1. The molecule has 3 heterocycles. The van der Waals surface area contributed by atoms with E-state index in [-0.39, 0.29) is 36.7 Å². The van der Waals surface area contributed by atoms with E-state index in [4.69, 9.17) is 13.6 Å². The van der Waals surface area contributed by atoms with Gasteiger partial charge in [-0.05, 0) is 49.8 Å². The Hall–Kier alpha value is -3.80. The molecule has 0 saturated heterocycles. The molecule has 3 aromatic heterocycles. The largest absolute Gasteiger partial charge is 0.456 e. The van der Waals surface area contributed by atoms with Gasteiger partial charge in [-0.1, -0.05) is 0 Å². The molecule has 0 atom stereocenters. The number of hydrogen-bond donors (Lipinski definition) is 0. The van der Waals surface area contributed by atoms with E-state index in [1.54, 1.807) is 11.3 Å². The smallest absolute Gasteiger partial charge is 0.419 e. The number of carbonyl (C=O) groups is 1. The standard InChI is InChI=1S/C22H20N4O7S/c27-20(6-3-9-25-15-8-7-14(26(29)30)11-16(15)32-22(25)28)31-12-19-23-24-21(33-19)18-10-13-4-1-2-5-17(13)34-18/h7-8,10-11H,1-6,9,12H2. The van der Waals surface area contributed by atoms with Crippen molar-refractivity contribution in [2.45, 2.75) is 51.7 Å². The van der Waals surface area contributed by atoms with Gasteiger partial charge in [-0.3, -0.25) is 19.5 Å². The zero-order valence-corrected chi connectivity index (χ0v) is 18.8. The van der Waals surface area contributed by atoms with E-state index in [0.717, 1.165) is 17.7 Å². The second-order valence-corrected chi connectivity index (χ2v) is 9.10. The summed E-state index contributed by atoms with van der Waals surface area (Å²) in [5.74, 6) is -0.467. The first-order chi connectivity index (χ1) is 16.5. The fraction of sp³-hybridized carbons (Fsp3) is 0.364. The highest BCUT2D eigenvalue weighted by Crippen LogP contribution is 2.35. The number of aryl methyl sites for hydroxylation is 3. The second-order valence-electron chi connectivity index (χ2n) is 7.96. The zero-order chi connectivity index (χ0) is 23.7. The number of hydrogen-bond acceptors (Lipinski definition) is 10. The van der Waals surface area contributed by atoms with Crippen molar-refractivity contribution in [2.24, 2.45) is 0 Å². The Kier molecular flexibility index (Phi) is 5.97. The number of rotatable bonds is 8. The van der Waals surface area contributed by atoms with Crippen molar-refractivity contribution >= 4 is 34.1 Å². The Bertz CT molecular complexity index is 1410. The number of carbonyl (C=O) groups excluding carboxylic acids is 1. The van der Waals surface area contributed by atoms with E-state index < -0.39 is 16.6 Å². The third-order valence-electron chi connectivity index (χ3n) is 5.66. The number of fused-ring (bicyclic) bond motifs is 2. The monoisotopic (exact) mass is 484 g/mol. The first-order valence-electron chi connectivity index (χ1n) is 10.9. The normalized spacial score (nSPS) is 13.2. The highest BCUT2D eigenvalue weighted by molar-refractivity contribution is 7.15. The summed E-state index contributed by atoms with van der Waals surface area (Å²) in [7, 11) is 0. The number of nitro groups is 1. The minimum Gasteiger partial charge on any atom is -0.456 e. The number of benzene rings is 1. The zero-order valence-electron chi connectivity index (χ0n) is 18.0. The highest BCUT2D eigenvalue weighted by atomic mass is 32.1. The van der Waals surface area contributed by atoms with E-state index in [1.165, 1.54) is 46.0 Å². The van der Waals surface area contributed by atoms with E-state index in [1.807, 2.05) is 0 Å². The summed E-state index contributed by atoms with van der Waals surface area (Å²) in [4.78, 5) is 36.8. The SMILES string of the molecule is O=C(CCCn1c(=O)oc2cc([N+](=O)[O-])ccc21)OCc1nnc(-c2cc3c(s2)CCCC3)o1. The molecule has 0 radical (unpaired) electrons. The van der Waals surface area contributed by atoms with E-state index in [2.05, 4.69) is 16.3 Å². The predicted octanol–water partition coefficient (Wildman–Crippen LogP) is 4.02. The molecule has 0 aliphatic heterocycles. The van der Waals surface area contributed by atoms with Crippen molar-refractivity contribution in [3.8, 4) is 10.8 Å². The van der Waals surface area contributed by atoms with E-state index in [0.29, 0.717) is 17.8 Å². The predicted molar refractivity (Wildman–Crippen MR) is 120 cm³/mol. The first kappa shape index (κ1) is 22.0. The maximum absolute atomic E-state index is 12.1. The van der Waals surface area contributed by atoms with Crippen molar-refractivity contribution in [3.05, 3.63) is 61.3 Å². The molecule has 5 rings (SSSR count). The van der Waals surface area contributed by atoms with Crippen molar-refractivity contribution in [1.29, 1.82) is 0 Å². The van der Waals surface area contributed by atoms with Gasteiger partial charge >= 0.3 is 11.7 Å². The van der Waals surface area contributed by atoms with Gasteiger partial charge in [0.1, 0.15) is 0 Å². The quantitative estimate of drug-likeness (QED) is 0.206. The molecule has 1 aromatic carbocycles. The van der Waals surface area contributed by atoms with Crippen LogP contribution in [0.3, 0.4) is 0 Å². The summed E-state index contributed by atoms with van der Waals surface area (Å²) in [5.41, 5.74) is 1.73. The van der Waals surface area contributed by atoms with Crippen LogP contribution in [0.15, 0.2) is 37.9 Å². The van der Waals surface area contributed by atoms with Gasteiger partial charge in [0, 0.05) is 23.9 Å². The molecule has 12 heteroatoms. The molecular formula is C22H20N4O7S. The molecule has 0 amide bonds. The van der Waals surface area contributed by atoms with Crippen molar-refractivity contribution in [2.75, 3.05) is 0 Å². The molecule has 4 aromatic rings. The maximum Gasteiger partial charge on any atom is 0.419 e. The molecule has 0 bridgehead atoms. The summed E-state index contributed by atoms with van der Waals surface area (Å²) in [5, 5.41) is 18.9. The van der Waals surface area contributed by atoms with Crippen LogP contribution in [0.4, 0.5) is 5.69 Å². The summed E-state index contributed by atoms with van der Waals surface area (Å²) >= 11 is 1.67. The molecule has 1 aliphatic rings. The average Bonchev–Trinajstić information content (AvgIpc) is 3.54. The van der Waals surface area contributed by atoms with Gasteiger partial charge in [-0.25, -0.2) is 4.79 Å². The van der Waals surface area contributed by atoms with Gasteiger partial charge in [0.05, 0.1) is 21.4 Å². The molecule has 0 N–H and O–H groups in total. The Morgan fingerprint density at radius 3 is 2.88 bits per heavy atom. The summed E-state index contributed by atoms with van der Waals surface area (Å²) < 4.78 is 17.3. The third kappa shape index (κ3) is 4.49. The van der Waals surface area contributed by atoms with E-state index in [9.17, 15) is 19.7 Å². The summed E-state index contributed by atoms with van der Waals surface area (Å²) in [6.07, 6.45) is 4.93. The topological polar surface area (TPSA) is 144 Å². The van der Waals surface area contributed by atoms with Crippen LogP contribution in [0.25, 0.3) is 21.9 Å². The van der Waals surface area contributed by atoms with Crippen LogP contribution in [0.5, 0.6) is 0 Å². The summed E-state index contributed by atoms with van der Waals surface area (Å²) in [6.45, 7) is 0.0711. The van der Waals surface area contributed by atoms with Gasteiger partial charge in [-0.2, -0.15) is 0 Å². The lowest BCUT2D eigenvalue weighted by atomic mass is 9.99. The van der Waals surface area contributed by atoms with Gasteiger partial charge in [0.25, 0.3) is 17.5 Å². The molecule has 1 aliphatic carbocycles. The Morgan fingerprint density at radius 2 is 2.06 bits per heavy atom. The lowest BCUT2D eigenvalue weighted by Gasteiger charge is -2.08. The lowest BCUT2D eigenvalue weighted by molar-refractivity contribution is -0.384. The van der Waals surface area contributed by atoms with Crippen molar-refractivity contribution in [1.82, 2.24) is 14.8 Å². The number of non-ortho nitro benzene ring substituents is 1. The lowest BCUT2D eigenvalue weighted by Crippen LogP contribution is -2.15. The molecule has 0 unspecified atom stereocenters. The number of aromatic nitrogens is 3. The van der Waals surface area contributed by atoms with Crippen LogP contribution in [-0.4, -0.2) is 25.7 Å². The van der Waals surface area contributed by atoms with Crippen LogP contribution in [0, 0.1) is 10.1 Å². The average molecular weight is 484 g/mol. The molecule has 0 saturated carbocycles. The second kappa shape index (κ2) is 9.21. The first-order valence-corrected chi connectivity index (χ1v) is 11.7. The van der Waals surface area contributed by atoms with Crippen LogP contribution < -0.4 is 5.76 Å².